The molecule has 0 aliphatic heterocycles. The van der Waals surface area contributed by atoms with Gasteiger partial charge in [0.2, 0.25) is 0 Å². The Morgan fingerprint density at radius 1 is 0.453 bits per heavy atom. The van der Waals surface area contributed by atoms with Gasteiger partial charge in [0.15, 0.2) is 0 Å². The zero-order valence-electron chi connectivity index (χ0n) is 32.2. The van der Waals surface area contributed by atoms with Crippen molar-refractivity contribution in [2.45, 2.75) is 52.5 Å². The van der Waals surface area contributed by atoms with Gasteiger partial charge in [0.1, 0.15) is 39.6 Å². The fraction of sp³-hybridized carbons (Fsp3) is 0.657. The van der Waals surface area contributed by atoms with E-state index < -0.39 is 44.6 Å². The molecule has 0 atom stereocenters. The molecule has 0 saturated carbocycles. The molecule has 0 saturated heterocycles. The van der Waals surface area contributed by atoms with Gasteiger partial charge in [-0.05, 0) is 33.7 Å². The molecule has 0 bridgehead atoms. The van der Waals surface area contributed by atoms with E-state index in [1.54, 1.807) is 0 Å². The van der Waals surface area contributed by atoms with Gasteiger partial charge in [0, 0.05) is 76.8 Å². The van der Waals surface area contributed by atoms with E-state index in [9.17, 15) is 28.8 Å². The maximum absolute atomic E-state index is 12.5. The van der Waals surface area contributed by atoms with Crippen LogP contribution in [0.5, 0.6) is 0 Å². The van der Waals surface area contributed by atoms with Crippen molar-refractivity contribution in [1.29, 1.82) is 0 Å². The van der Waals surface area contributed by atoms with E-state index in [2.05, 4.69) is 19.7 Å². The van der Waals surface area contributed by atoms with Crippen LogP contribution >= 0.6 is 0 Å². The minimum absolute atomic E-state index is 0.0216. The largest absolute Gasteiger partial charge is 0.500 e. The molecule has 0 aliphatic rings. The number of hydrogen-bond acceptors (Lipinski definition) is 17. The average molecular weight is 775 g/mol. The molecule has 0 fully saturated rings. The number of carbonyl (C=O) groups is 6. The molecule has 302 valence electrons. The number of rotatable bonds is 31. The van der Waals surface area contributed by atoms with E-state index in [-0.39, 0.29) is 88.7 Å². The monoisotopic (exact) mass is 774 g/mol. The molecule has 0 unspecified atom stereocenters. The van der Waals surface area contributed by atoms with Crippen LogP contribution in [-0.2, 0) is 70.5 Å². The van der Waals surface area contributed by atoms with Gasteiger partial charge in [0.05, 0.1) is 19.3 Å². The Labute approximate surface area is 313 Å². The lowest BCUT2D eigenvalue weighted by Crippen LogP contribution is -2.44. The molecule has 0 aliphatic carbocycles. The van der Waals surface area contributed by atoms with Crippen molar-refractivity contribution in [2.75, 3.05) is 100 Å². The van der Waals surface area contributed by atoms with Gasteiger partial charge in [-0.3, -0.25) is 14.4 Å². The van der Waals surface area contributed by atoms with Crippen molar-refractivity contribution in [3.8, 4) is 0 Å². The molecule has 0 aromatic carbocycles. The highest BCUT2D eigenvalue weighted by molar-refractivity contribution is 6.60. The van der Waals surface area contributed by atoms with E-state index in [4.69, 9.17) is 41.7 Å². The number of nitrogens with zero attached hydrogens (tertiary/aromatic N) is 2. The number of carbonyl (C=O) groups excluding carboxylic acids is 6. The lowest BCUT2D eigenvalue weighted by molar-refractivity contribution is -0.151. The summed E-state index contributed by atoms with van der Waals surface area (Å²) >= 11 is 0. The minimum Gasteiger partial charge on any atom is -0.462 e. The molecule has 0 amide bonds. The third kappa shape index (κ3) is 24.1. The molecular formula is C35H58N2O15Si. The standard InChI is InChI=1S/C35H58N2O15Si/c1-27(2)33(41)50-23-20-47-30(38)11-15-36(14-10-26-53(44-7,45-8)46-9)18-19-37(16-12-31(39)48-21-24-51-34(42)28(3)4)17-13-32(40)49-22-25-52-35(43)29(5)6/h1,3,5,10-26H2,2,4,6-9H3. The van der Waals surface area contributed by atoms with E-state index >= 15 is 0 Å². The Balaban J connectivity index is 5.46. The maximum atomic E-state index is 12.5. The summed E-state index contributed by atoms with van der Waals surface area (Å²) in [5.41, 5.74) is 0.687. The second kappa shape index (κ2) is 28.5. The molecule has 17 nitrogen and oxygen atoms in total. The highest BCUT2D eigenvalue weighted by atomic mass is 28.4. The molecule has 53 heavy (non-hydrogen) atoms. The van der Waals surface area contributed by atoms with Gasteiger partial charge in [-0.2, -0.15) is 0 Å². The molecule has 0 aromatic rings. The third-order valence-corrected chi connectivity index (χ3v) is 10.1. The van der Waals surface area contributed by atoms with Crippen LogP contribution in [0.2, 0.25) is 6.04 Å². The van der Waals surface area contributed by atoms with Crippen molar-refractivity contribution >= 4 is 44.6 Å². The van der Waals surface area contributed by atoms with Gasteiger partial charge >= 0.3 is 44.6 Å². The molecule has 0 spiro atoms. The molecule has 0 rings (SSSR count). The Kier molecular flexibility index (Phi) is 26.4. The highest BCUT2D eigenvalue weighted by Gasteiger charge is 2.37. The van der Waals surface area contributed by atoms with Gasteiger partial charge in [-0.15, -0.1) is 0 Å². The highest BCUT2D eigenvalue weighted by Crippen LogP contribution is 2.16. The summed E-state index contributed by atoms with van der Waals surface area (Å²) in [5, 5.41) is 0. The van der Waals surface area contributed by atoms with E-state index in [1.807, 2.05) is 9.80 Å². The summed E-state index contributed by atoms with van der Waals surface area (Å²) in [7, 11) is 1.72. The molecule has 0 radical (unpaired) electrons. The third-order valence-electron chi connectivity index (χ3n) is 7.30. The first-order valence-corrected chi connectivity index (χ1v) is 19.1. The van der Waals surface area contributed by atoms with Gasteiger partial charge < -0.3 is 51.5 Å². The molecule has 0 heterocycles. The Morgan fingerprint density at radius 2 is 0.736 bits per heavy atom. The zero-order chi connectivity index (χ0) is 40.2. The first-order chi connectivity index (χ1) is 25.1. The second-order valence-electron chi connectivity index (χ2n) is 11.7. The van der Waals surface area contributed by atoms with Crippen LogP contribution in [0, 0.1) is 0 Å². The van der Waals surface area contributed by atoms with E-state index in [0.717, 1.165) is 0 Å². The molecule has 0 N–H and O–H groups in total. The van der Waals surface area contributed by atoms with Crippen LogP contribution in [-0.4, -0.2) is 155 Å². The first-order valence-electron chi connectivity index (χ1n) is 17.1. The summed E-state index contributed by atoms with van der Waals surface area (Å²) in [6.07, 6.45) is 0.608. The van der Waals surface area contributed by atoms with E-state index in [0.29, 0.717) is 38.6 Å². The first kappa shape index (κ1) is 49.1. The van der Waals surface area contributed by atoms with Crippen molar-refractivity contribution in [2.24, 2.45) is 0 Å². The predicted octanol–water partition coefficient (Wildman–Crippen LogP) is 2.02. The minimum atomic E-state index is -2.86. The van der Waals surface area contributed by atoms with E-state index in [1.165, 1.54) is 42.1 Å². The van der Waals surface area contributed by atoms with Crippen LogP contribution in [0.4, 0.5) is 0 Å². The predicted molar refractivity (Wildman–Crippen MR) is 193 cm³/mol. The summed E-state index contributed by atoms with van der Waals surface area (Å²) in [6, 6.07) is 0.510. The van der Waals surface area contributed by atoms with Crippen LogP contribution < -0.4 is 0 Å². The molecule has 0 aromatic heterocycles. The molecule has 18 heteroatoms. The van der Waals surface area contributed by atoms with Gasteiger partial charge in [-0.1, -0.05) is 19.7 Å². The zero-order valence-corrected chi connectivity index (χ0v) is 33.2. The van der Waals surface area contributed by atoms with Crippen LogP contribution in [0.25, 0.3) is 0 Å². The fourth-order valence-electron chi connectivity index (χ4n) is 4.23. The van der Waals surface area contributed by atoms with Gasteiger partial charge in [-0.25, -0.2) is 14.4 Å². The second-order valence-corrected chi connectivity index (χ2v) is 14.8. The summed E-state index contributed by atoms with van der Waals surface area (Å²) in [6.45, 7) is 16.4. The van der Waals surface area contributed by atoms with Crippen molar-refractivity contribution in [3.05, 3.63) is 36.5 Å². The van der Waals surface area contributed by atoms with Crippen molar-refractivity contribution in [1.82, 2.24) is 9.80 Å². The quantitative estimate of drug-likeness (QED) is 0.0326. The Bertz CT molecular complexity index is 1160. The number of hydrogen-bond donors (Lipinski definition) is 0. The smallest absolute Gasteiger partial charge is 0.462 e. The maximum Gasteiger partial charge on any atom is 0.500 e. The normalized spacial score (nSPS) is 11.1. The summed E-state index contributed by atoms with van der Waals surface area (Å²) in [4.78, 5) is 76.0. The Morgan fingerprint density at radius 3 is 1.02 bits per heavy atom. The number of ether oxygens (including phenoxy) is 6. The Hall–Kier alpha value is -3.94. The van der Waals surface area contributed by atoms with Gasteiger partial charge in [0.25, 0.3) is 0 Å². The average Bonchev–Trinajstić information content (AvgIpc) is 3.13. The SMILES string of the molecule is C=C(C)C(=O)OCCOC(=O)CCN(CCC[Si](OC)(OC)OC)CCN(CCC(=O)OCCOC(=O)C(=C)C)CCC(=O)OCCOC(=O)C(=C)C. The molecular weight excluding hydrogens is 716 g/mol. The van der Waals surface area contributed by atoms with Crippen LogP contribution in [0.15, 0.2) is 36.5 Å². The number of esters is 6. The summed E-state index contributed by atoms with van der Waals surface area (Å²) in [5.74, 6) is -3.30. The van der Waals surface area contributed by atoms with Crippen molar-refractivity contribution in [3.63, 3.8) is 0 Å². The fourth-order valence-corrected chi connectivity index (χ4v) is 5.94. The lowest BCUT2D eigenvalue weighted by atomic mass is 10.3. The van der Waals surface area contributed by atoms with Crippen LogP contribution in [0.1, 0.15) is 46.5 Å². The topological polar surface area (TPSA) is 192 Å². The van der Waals surface area contributed by atoms with Crippen molar-refractivity contribution < 1.29 is 70.5 Å². The summed E-state index contributed by atoms with van der Waals surface area (Å²) < 4.78 is 47.0. The van der Waals surface area contributed by atoms with Crippen LogP contribution in [0.3, 0.4) is 0 Å². The lowest BCUT2D eigenvalue weighted by Gasteiger charge is -2.29.